The molecule has 3 rings (SSSR count). The molecule has 0 aliphatic carbocycles. The second kappa shape index (κ2) is 11.7. The van der Waals surface area contributed by atoms with Gasteiger partial charge in [0.2, 0.25) is 0 Å². The van der Waals surface area contributed by atoms with Crippen molar-refractivity contribution < 1.29 is 19.4 Å². The number of nitrogens with zero attached hydrogens (tertiary/aromatic N) is 1. The number of carbonyl (C=O) groups excluding carboxylic acids is 1. The molecule has 5 atom stereocenters. The quantitative estimate of drug-likeness (QED) is 0.357. The van der Waals surface area contributed by atoms with Gasteiger partial charge in [0, 0.05) is 33.4 Å². The smallest absolute Gasteiger partial charge is 0.150 e. The van der Waals surface area contributed by atoms with Gasteiger partial charge in [-0.3, -0.25) is 4.79 Å². The van der Waals surface area contributed by atoms with E-state index in [1.807, 2.05) is 24.3 Å². The van der Waals surface area contributed by atoms with Crippen LogP contribution in [0.5, 0.6) is 0 Å². The maximum absolute atomic E-state index is 15.6. The number of nitrogens with one attached hydrogen (secondary N) is 1. The lowest BCUT2D eigenvalue weighted by Crippen LogP contribution is -2.44. The largest absolute Gasteiger partial charge is 0.394 e. The topological polar surface area (TPSA) is 93.3 Å². The van der Waals surface area contributed by atoms with Crippen LogP contribution in [0.1, 0.15) is 63.5 Å². The summed E-state index contributed by atoms with van der Waals surface area (Å²) in [5.74, 6) is -1.36. The van der Waals surface area contributed by atoms with Gasteiger partial charge in [0.05, 0.1) is 24.8 Å². The summed E-state index contributed by atoms with van der Waals surface area (Å²) in [6, 6.07) is 13.0. The first-order valence-electron chi connectivity index (χ1n) is 12.1. The average molecular weight is 580 g/mol. The van der Waals surface area contributed by atoms with E-state index in [1.165, 1.54) is 6.07 Å². The fourth-order valence-electron chi connectivity index (χ4n) is 5.34. The molecular weight excluding hydrogens is 547 g/mol. The molecule has 0 saturated carbocycles. The number of Topliss-reactive ketones (excluding diaryl/α,β-unsaturated/α-hetero) is 1. The van der Waals surface area contributed by atoms with Crippen molar-refractivity contribution in [3.8, 4) is 6.07 Å². The Labute approximate surface area is 225 Å². The first-order chi connectivity index (χ1) is 16.9. The van der Waals surface area contributed by atoms with Crippen LogP contribution in [-0.4, -0.2) is 40.8 Å². The van der Waals surface area contributed by atoms with Crippen molar-refractivity contribution in [2.75, 3.05) is 6.61 Å². The number of rotatable bonds is 9. The van der Waals surface area contributed by atoms with Crippen LogP contribution in [0.4, 0.5) is 4.39 Å². The van der Waals surface area contributed by atoms with E-state index < -0.39 is 35.3 Å². The van der Waals surface area contributed by atoms with Gasteiger partial charge in [-0.15, -0.1) is 0 Å². The number of nitriles is 1. The lowest BCUT2D eigenvalue weighted by molar-refractivity contribution is -0.121. The lowest BCUT2D eigenvalue weighted by Gasteiger charge is -2.37. The molecule has 0 aromatic heterocycles. The van der Waals surface area contributed by atoms with Gasteiger partial charge >= 0.3 is 0 Å². The number of halogens is 3. The molecule has 2 aromatic rings. The highest BCUT2D eigenvalue weighted by Gasteiger charge is 2.60. The van der Waals surface area contributed by atoms with Crippen LogP contribution in [0.3, 0.4) is 0 Å². The van der Waals surface area contributed by atoms with Gasteiger partial charge in [-0.05, 0) is 54.5 Å². The Morgan fingerprint density at radius 1 is 1.31 bits per heavy atom. The number of aliphatic hydroxyl groups excluding tert-OH is 2. The second-order valence-electron chi connectivity index (χ2n) is 10.8. The monoisotopic (exact) mass is 578 g/mol. The second-order valence-corrected chi connectivity index (χ2v) is 12.1. The maximum Gasteiger partial charge on any atom is 0.150 e. The molecule has 0 spiro atoms. The van der Waals surface area contributed by atoms with Crippen LogP contribution >= 0.6 is 27.5 Å². The van der Waals surface area contributed by atoms with Crippen LogP contribution in [0, 0.1) is 22.6 Å². The van der Waals surface area contributed by atoms with Crippen molar-refractivity contribution in [1.29, 1.82) is 5.26 Å². The Balaban J connectivity index is 2.19. The zero-order valence-corrected chi connectivity index (χ0v) is 23.1. The van der Waals surface area contributed by atoms with Crippen LogP contribution < -0.4 is 5.32 Å². The Morgan fingerprint density at radius 2 is 2.03 bits per heavy atom. The average Bonchev–Trinajstić information content (AvgIpc) is 3.12. The molecule has 0 bridgehead atoms. The maximum atomic E-state index is 15.6. The summed E-state index contributed by atoms with van der Waals surface area (Å²) in [7, 11) is 0. The fourth-order valence-corrected chi connectivity index (χ4v) is 5.91. The number of carbonyl (C=O) groups is 1. The van der Waals surface area contributed by atoms with E-state index in [4.69, 9.17) is 16.7 Å². The minimum Gasteiger partial charge on any atom is -0.394 e. The first kappa shape index (κ1) is 28.7. The van der Waals surface area contributed by atoms with E-state index in [0.29, 0.717) is 12.8 Å². The summed E-state index contributed by atoms with van der Waals surface area (Å²) in [5.41, 5.74) is -0.633. The number of hydrogen-bond donors (Lipinski definition) is 3. The van der Waals surface area contributed by atoms with Gasteiger partial charge in [-0.1, -0.05) is 66.5 Å². The zero-order valence-electron chi connectivity index (χ0n) is 20.8. The Bertz CT molecular complexity index is 1130. The highest BCUT2D eigenvalue weighted by Crippen LogP contribution is 2.52. The van der Waals surface area contributed by atoms with Crippen molar-refractivity contribution in [2.24, 2.45) is 5.41 Å². The standard InChI is InChI=1S/C28H33BrClFN2O3/c1-27(2,3)14-24-28(16-32,21-11-10-19(30)13-22(21)31)25(17-6-4-7-18(29)12-17)26(33-24)23(36)9-5-8-20(35)15-34/h4,6-7,10-13,20,24-26,33-35H,5,8-9,14-15H2,1-3H3/t20-,24-,25-,26-,28-/m0/s1. The Hall–Kier alpha value is -1.82. The molecule has 36 heavy (non-hydrogen) atoms. The van der Waals surface area contributed by atoms with Crippen molar-refractivity contribution in [3.63, 3.8) is 0 Å². The summed E-state index contributed by atoms with van der Waals surface area (Å²) in [4.78, 5) is 13.6. The molecule has 0 amide bonds. The number of aliphatic hydroxyl groups is 2. The van der Waals surface area contributed by atoms with E-state index in [9.17, 15) is 15.2 Å². The number of benzene rings is 2. The molecule has 194 valence electrons. The zero-order chi connectivity index (χ0) is 26.7. The molecule has 3 N–H and O–H groups in total. The fraction of sp³-hybridized carbons (Fsp3) is 0.500. The number of hydrogen-bond acceptors (Lipinski definition) is 5. The van der Waals surface area contributed by atoms with E-state index >= 15 is 4.39 Å². The summed E-state index contributed by atoms with van der Waals surface area (Å²) < 4.78 is 16.4. The third-order valence-electron chi connectivity index (χ3n) is 6.86. The van der Waals surface area contributed by atoms with E-state index in [-0.39, 0.29) is 41.2 Å². The van der Waals surface area contributed by atoms with Gasteiger partial charge in [0.25, 0.3) is 0 Å². The summed E-state index contributed by atoms with van der Waals surface area (Å²) >= 11 is 9.57. The molecule has 0 radical (unpaired) electrons. The SMILES string of the molecule is CC(C)(C)C[C@@H]1N[C@@H](C(=O)CCC[C@H](O)CO)[C@H](c2cccc(Br)c2)[C@@]1(C#N)c1ccc(Cl)cc1F. The van der Waals surface area contributed by atoms with Crippen molar-refractivity contribution in [3.05, 3.63) is 68.9 Å². The molecule has 1 fully saturated rings. The molecule has 0 unspecified atom stereocenters. The molecule has 2 aromatic carbocycles. The van der Waals surface area contributed by atoms with Crippen molar-refractivity contribution in [2.45, 2.75) is 76.0 Å². The van der Waals surface area contributed by atoms with Crippen LogP contribution in [0.2, 0.25) is 5.02 Å². The summed E-state index contributed by atoms with van der Waals surface area (Å²) in [6.45, 7) is 5.79. The van der Waals surface area contributed by atoms with Crippen LogP contribution in [0.25, 0.3) is 0 Å². The van der Waals surface area contributed by atoms with Crippen molar-refractivity contribution in [1.82, 2.24) is 5.32 Å². The Morgan fingerprint density at radius 3 is 2.61 bits per heavy atom. The third-order valence-corrected chi connectivity index (χ3v) is 7.59. The lowest BCUT2D eigenvalue weighted by atomic mass is 9.62. The normalized spacial score (nSPS) is 24.9. The highest BCUT2D eigenvalue weighted by atomic mass is 79.9. The van der Waals surface area contributed by atoms with Gasteiger partial charge in [0.1, 0.15) is 17.0 Å². The van der Waals surface area contributed by atoms with Crippen LogP contribution in [-0.2, 0) is 10.2 Å². The van der Waals surface area contributed by atoms with Gasteiger partial charge < -0.3 is 15.5 Å². The summed E-state index contributed by atoms with van der Waals surface area (Å²) in [6.07, 6.45) is 0.483. The van der Waals surface area contributed by atoms with Crippen molar-refractivity contribution >= 4 is 33.3 Å². The van der Waals surface area contributed by atoms with Crippen LogP contribution in [0.15, 0.2) is 46.9 Å². The van der Waals surface area contributed by atoms with Gasteiger partial charge in [-0.25, -0.2) is 4.39 Å². The minimum absolute atomic E-state index is 0.115. The van der Waals surface area contributed by atoms with E-state index in [2.05, 4.69) is 48.1 Å². The van der Waals surface area contributed by atoms with E-state index in [1.54, 1.807) is 12.1 Å². The molecular formula is C28H33BrClFN2O3. The molecule has 1 aliphatic rings. The minimum atomic E-state index is -1.38. The molecule has 8 heteroatoms. The molecule has 1 saturated heterocycles. The van der Waals surface area contributed by atoms with Gasteiger partial charge in [0.15, 0.2) is 0 Å². The molecule has 1 aliphatic heterocycles. The number of ketones is 1. The molecule has 5 nitrogen and oxygen atoms in total. The summed E-state index contributed by atoms with van der Waals surface area (Å²) in [5, 5.41) is 33.3. The predicted molar refractivity (Wildman–Crippen MR) is 142 cm³/mol. The first-order valence-corrected chi connectivity index (χ1v) is 13.3. The predicted octanol–water partition coefficient (Wildman–Crippen LogP) is 5.66. The third kappa shape index (κ3) is 6.17. The molecule has 1 heterocycles. The van der Waals surface area contributed by atoms with Gasteiger partial charge in [-0.2, -0.15) is 5.26 Å². The highest BCUT2D eigenvalue weighted by molar-refractivity contribution is 9.10. The Kier molecular flexibility index (Phi) is 9.35. The van der Waals surface area contributed by atoms with E-state index in [0.717, 1.165) is 10.0 Å².